The van der Waals surface area contributed by atoms with E-state index in [1.54, 1.807) is 30.9 Å². The first-order chi connectivity index (χ1) is 11.3. The van der Waals surface area contributed by atoms with Crippen LogP contribution in [0.2, 0.25) is 0 Å². The first-order valence-corrected chi connectivity index (χ1v) is 7.87. The molecule has 7 nitrogen and oxygen atoms in total. The fraction of sp³-hybridized carbons (Fsp3) is 0.438. The Kier molecular flexibility index (Phi) is 3.40. The van der Waals surface area contributed by atoms with Gasteiger partial charge in [-0.05, 0) is 25.3 Å². The predicted molar refractivity (Wildman–Crippen MR) is 84.9 cm³/mol. The Hall–Kier alpha value is -2.57. The summed E-state index contributed by atoms with van der Waals surface area (Å²) >= 11 is 0. The Morgan fingerprint density at radius 1 is 1.04 bits per heavy atom. The summed E-state index contributed by atoms with van der Waals surface area (Å²) in [5.74, 6) is 0.883. The van der Waals surface area contributed by atoms with Crippen LogP contribution in [0.3, 0.4) is 0 Å². The fourth-order valence-corrected chi connectivity index (χ4v) is 3.63. The Morgan fingerprint density at radius 2 is 1.83 bits per heavy atom. The normalized spacial score (nSPS) is 24.4. The summed E-state index contributed by atoms with van der Waals surface area (Å²) in [5.41, 5.74) is 0.440. The van der Waals surface area contributed by atoms with Crippen LogP contribution in [-0.2, 0) is 4.79 Å². The van der Waals surface area contributed by atoms with Crippen LogP contribution >= 0.6 is 0 Å². The average molecular weight is 310 g/mol. The molecule has 0 saturated carbocycles. The van der Waals surface area contributed by atoms with Crippen molar-refractivity contribution in [1.29, 1.82) is 0 Å². The zero-order chi connectivity index (χ0) is 15.7. The molecule has 2 aliphatic rings. The van der Waals surface area contributed by atoms with Gasteiger partial charge in [0.05, 0.1) is 23.5 Å². The molecule has 1 amide bonds. The number of piperidine rings is 1. The number of carbonyl (C=O) groups is 1. The van der Waals surface area contributed by atoms with Crippen molar-refractivity contribution < 1.29 is 4.79 Å². The largest absolute Gasteiger partial charge is 0.340 e. The zero-order valence-corrected chi connectivity index (χ0v) is 12.8. The molecular formula is C16H18N6O. The maximum Gasteiger partial charge on any atom is 0.235 e. The van der Waals surface area contributed by atoms with Gasteiger partial charge in [-0.15, -0.1) is 0 Å². The standard InChI is InChI=1S/C16H18N6O/c23-14-16(4-8-22(14)13-9-17-12-18-10-13)3-1-7-21(11-16)15-19-5-2-6-20-15/h2,5-6,9-10,12H,1,3-4,7-8,11H2. The van der Waals surface area contributed by atoms with E-state index in [9.17, 15) is 4.79 Å². The van der Waals surface area contributed by atoms with Crippen molar-refractivity contribution in [2.45, 2.75) is 19.3 Å². The van der Waals surface area contributed by atoms with Crippen LogP contribution in [0.5, 0.6) is 0 Å². The maximum atomic E-state index is 13.1. The van der Waals surface area contributed by atoms with E-state index in [0.29, 0.717) is 12.5 Å². The van der Waals surface area contributed by atoms with Crippen LogP contribution in [0.1, 0.15) is 19.3 Å². The third kappa shape index (κ3) is 2.42. The van der Waals surface area contributed by atoms with Gasteiger partial charge in [-0.2, -0.15) is 0 Å². The third-order valence-corrected chi connectivity index (χ3v) is 4.78. The summed E-state index contributed by atoms with van der Waals surface area (Å²) in [4.78, 5) is 33.7. The summed E-state index contributed by atoms with van der Waals surface area (Å²) in [7, 11) is 0. The van der Waals surface area contributed by atoms with Gasteiger partial charge in [-0.3, -0.25) is 4.79 Å². The second kappa shape index (κ2) is 5.57. The smallest absolute Gasteiger partial charge is 0.235 e. The van der Waals surface area contributed by atoms with Crippen LogP contribution in [0.25, 0.3) is 0 Å². The molecule has 2 aliphatic heterocycles. The van der Waals surface area contributed by atoms with Crippen molar-refractivity contribution in [3.05, 3.63) is 37.2 Å². The fourth-order valence-electron chi connectivity index (χ4n) is 3.63. The molecule has 23 heavy (non-hydrogen) atoms. The highest BCUT2D eigenvalue weighted by molar-refractivity contribution is 6.00. The zero-order valence-electron chi connectivity index (χ0n) is 12.8. The summed E-state index contributed by atoms with van der Waals surface area (Å²) in [6.45, 7) is 2.29. The van der Waals surface area contributed by atoms with Crippen LogP contribution < -0.4 is 9.80 Å². The number of hydrogen-bond donors (Lipinski definition) is 0. The number of amides is 1. The van der Waals surface area contributed by atoms with E-state index in [0.717, 1.165) is 38.0 Å². The van der Waals surface area contributed by atoms with Gasteiger partial charge in [0.1, 0.15) is 6.33 Å². The summed E-state index contributed by atoms with van der Waals surface area (Å²) in [5, 5.41) is 0. The minimum absolute atomic E-state index is 0.174. The maximum absolute atomic E-state index is 13.1. The van der Waals surface area contributed by atoms with Crippen molar-refractivity contribution in [3.63, 3.8) is 0 Å². The molecule has 0 aromatic carbocycles. The van der Waals surface area contributed by atoms with Gasteiger partial charge in [0.15, 0.2) is 0 Å². The van der Waals surface area contributed by atoms with Gasteiger partial charge < -0.3 is 9.80 Å². The van der Waals surface area contributed by atoms with E-state index >= 15 is 0 Å². The average Bonchev–Trinajstić information content (AvgIpc) is 2.93. The molecule has 1 atom stereocenters. The SMILES string of the molecule is O=C1N(c2cncnc2)CCC12CCCN(c1ncccn1)C2. The molecule has 0 N–H and O–H groups in total. The van der Waals surface area contributed by atoms with Crippen LogP contribution in [0.4, 0.5) is 11.6 Å². The minimum atomic E-state index is -0.340. The summed E-state index contributed by atoms with van der Waals surface area (Å²) in [6, 6.07) is 1.81. The Morgan fingerprint density at radius 3 is 2.61 bits per heavy atom. The molecule has 2 fully saturated rings. The van der Waals surface area contributed by atoms with Gasteiger partial charge >= 0.3 is 0 Å². The van der Waals surface area contributed by atoms with E-state index in [4.69, 9.17) is 0 Å². The quantitative estimate of drug-likeness (QED) is 0.832. The lowest BCUT2D eigenvalue weighted by Gasteiger charge is -2.38. The molecule has 0 bridgehead atoms. The molecule has 4 heterocycles. The van der Waals surface area contributed by atoms with Gasteiger partial charge in [-0.1, -0.05) is 0 Å². The molecule has 7 heteroatoms. The molecule has 1 spiro atoms. The van der Waals surface area contributed by atoms with Crippen molar-refractivity contribution >= 4 is 17.5 Å². The number of anilines is 2. The lowest BCUT2D eigenvalue weighted by Crippen LogP contribution is -2.48. The van der Waals surface area contributed by atoms with Gasteiger partial charge in [0, 0.05) is 32.0 Å². The highest BCUT2D eigenvalue weighted by atomic mass is 16.2. The molecule has 2 saturated heterocycles. The molecule has 1 unspecified atom stereocenters. The van der Waals surface area contributed by atoms with Gasteiger partial charge in [0.2, 0.25) is 11.9 Å². The highest BCUT2D eigenvalue weighted by Crippen LogP contribution is 2.42. The van der Waals surface area contributed by atoms with Gasteiger partial charge in [0.25, 0.3) is 0 Å². The molecular weight excluding hydrogens is 292 g/mol. The van der Waals surface area contributed by atoms with Crippen molar-refractivity contribution in [2.75, 3.05) is 29.4 Å². The number of rotatable bonds is 2. The second-order valence-electron chi connectivity index (χ2n) is 6.16. The third-order valence-electron chi connectivity index (χ3n) is 4.78. The number of aromatic nitrogens is 4. The van der Waals surface area contributed by atoms with E-state index in [1.807, 2.05) is 4.90 Å². The highest BCUT2D eigenvalue weighted by Gasteiger charge is 2.49. The monoisotopic (exact) mass is 310 g/mol. The lowest BCUT2D eigenvalue weighted by molar-refractivity contribution is -0.126. The van der Waals surface area contributed by atoms with Crippen molar-refractivity contribution in [3.8, 4) is 0 Å². The molecule has 0 radical (unpaired) electrons. The number of hydrogen-bond acceptors (Lipinski definition) is 6. The Balaban J connectivity index is 1.58. The topological polar surface area (TPSA) is 75.1 Å². The molecule has 2 aromatic rings. The van der Waals surface area contributed by atoms with E-state index in [-0.39, 0.29) is 11.3 Å². The number of carbonyl (C=O) groups excluding carboxylic acids is 1. The van der Waals surface area contributed by atoms with E-state index < -0.39 is 0 Å². The molecule has 4 rings (SSSR count). The predicted octanol–water partition coefficient (Wildman–Crippen LogP) is 1.29. The van der Waals surface area contributed by atoms with Crippen LogP contribution in [-0.4, -0.2) is 45.5 Å². The van der Waals surface area contributed by atoms with E-state index in [1.165, 1.54) is 6.33 Å². The summed E-state index contributed by atoms with van der Waals surface area (Å²) < 4.78 is 0. The minimum Gasteiger partial charge on any atom is -0.340 e. The molecule has 0 aliphatic carbocycles. The lowest BCUT2D eigenvalue weighted by atomic mass is 9.78. The van der Waals surface area contributed by atoms with Crippen LogP contribution in [0.15, 0.2) is 37.2 Å². The van der Waals surface area contributed by atoms with Crippen molar-refractivity contribution in [1.82, 2.24) is 19.9 Å². The van der Waals surface area contributed by atoms with Gasteiger partial charge in [-0.25, -0.2) is 19.9 Å². The Bertz CT molecular complexity index is 694. The van der Waals surface area contributed by atoms with E-state index in [2.05, 4.69) is 24.8 Å². The molecule has 2 aromatic heterocycles. The second-order valence-corrected chi connectivity index (χ2v) is 6.16. The van der Waals surface area contributed by atoms with Crippen molar-refractivity contribution in [2.24, 2.45) is 5.41 Å². The number of nitrogens with zero attached hydrogens (tertiary/aromatic N) is 6. The Labute approximate surface area is 134 Å². The molecule has 118 valence electrons. The van der Waals surface area contributed by atoms with Crippen LogP contribution in [0, 0.1) is 5.41 Å². The summed E-state index contributed by atoms with van der Waals surface area (Å²) in [6.07, 6.45) is 11.1. The first kappa shape index (κ1) is 14.0. The first-order valence-electron chi connectivity index (χ1n) is 7.87.